The smallest absolute Gasteiger partial charge is 0.228 e. The fourth-order valence-corrected chi connectivity index (χ4v) is 3.88. The van der Waals surface area contributed by atoms with Crippen LogP contribution < -0.4 is 15.0 Å². The van der Waals surface area contributed by atoms with E-state index in [1.807, 2.05) is 36.4 Å². The maximum absolute atomic E-state index is 5.57. The zero-order chi connectivity index (χ0) is 21.8. The van der Waals surface area contributed by atoms with Gasteiger partial charge in [-0.15, -0.1) is 0 Å². The van der Waals surface area contributed by atoms with Gasteiger partial charge in [-0.3, -0.25) is 4.98 Å². The molecule has 4 aromatic rings. The topological polar surface area (TPSA) is 72.4 Å². The number of nitrogens with one attached hydrogen (secondary N) is 1. The molecule has 1 aliphatic rings. The lowest BCUT2D eigenvalue weighted by molar-refractivity contribution is 0.122. The maximum Gasteiger partial charge on any atom is 0.228 e. The molecule has 0 unspecified atom stereocenters. The van der Waals surface area contributed by atoms with Crippen molar-refractivity contribution in [2.45, 2.75) is 6.54 Å². The molecule has 1 saturated heterocycles. The second kappa shape index (κ2) is 9.20. The summed E-state index contributed by atoms with van der Waals surface area (Å²) in [4.78, 5) is 16.4. The van der Waals surface area contributed by atoms with Gasteiger partial charge in [-0.05, 0) is 35.9 Å². The van der Waals surface area contributed by atoms with Gasteiger partial charge in [-0.25, -0.2) is 4.98 Å². The molecule has 162 valence electrons. The van der Waals surface area contributed by atoms with Crippen LogP contribution >= 0.6 is 0 Å². The molecule has 0 bridgehead atoms. The maximum atomic E-state index is 5.57. The number of hydrogen-bond donors (Lipinski definition) is 1. The predicted molar refractivity (Wildman–Crippen MR) is 126 cm³/mol. The number of fused-ring (bicyclic) bond motifs is 1. The first-order valence-corrected chi connectivity index (χ1v) is 10.7. The number of ether oxygens (including phenoxy) is 2. The minimum Gasteiger partial charge on any atom is -0.496 e. The van der Waals surface area contributed by atoms with Crippen molar-refractivity contribution in [3.8, 4) is 16.9 Å². The van der Waals surface area contributed by atoms with E-state index in [0.717, 1.165) is 52.4 Å². The van der Waals surface area contributed by atoms with Gasteiger partial charge in [0.1, 0.15) is 11.6 Å². The quantitative estimate of drug-likeness (QED) is 0.496. The molecule has 0 spiro atoms. The van der Waals surface area contributed by atoms with Gasteiger partial charge < -0.3 is 19.7 Å². The van der Waals surface area contributed by atoms with Crippen LogP contribution in [0.25, 0.3) is 22.0 Å². The first-order valence-electron chi connectivity index (χ1n) is 10.7. The van der Waals surface area contributed by atoms with Gasteiger partial charge in [0.25, 0.3) is 0 Å². The number of nitrogens with zero attached hydrogens (tertiary/aromatic N) is 4. The van der Waals surface area contributed by atoms with E-state index in [4.69, 9.17) is 19.4 Å². The second-order valence-corrected chi connectivity index (χ2v) is 7.58. The average molecular weight is 428 g/mol. The molecule has 0 radical (unpaired) electrons. The molecule has 0 amide bonds. The summed E-state index contributed by atoms with van der Waals surface area (Å²) in [6.07, 6.45) is 1.80. The highest BCUT2D eigenvalue weighted by atomic mass is 16.5. The van der Waals surface area contributed by atoms with Crippen LogP contribution in [0.5, 0.6) is 5.75 Å². The van der Waals surface area contributed by atoms with E-state index in [2.05, 4.69) is 39.5 Å². The first-order chi connectivity index (χ1) is 15.8. The van der Waals surface area contributed by atoms with Gasteiger partial charge >= 0.3 is 0 Å². The van der Waals surface area contributed by atoms with E-state index in [0.29, 0.717) is 25.7 Å². The van der Waals surface area contributed by atoms with Gasteiger partial charge in [-0.2, -0.15) is 4.98 Å². The highest BCUT2D eigenvalue weighted by Crippen LogP contribution is 2.33. The Kier molecular flexibility index (Phi) is 5.81. The highest BCUT2D eigenvalue weighted by Gasteiger charge is 2.17. The largest absolute Gasteiger partial charge is 0.496 e. The Balaban J connectivity index is 1.57. The van der Waals surface area contributed by atoms with Crippen molar-refractivity contribution in [3.63, 3.8) is 0 Å². The van der Waals surface area contributed by atoms with E-state index in [9.17, 15) is 0 Å². The number of para-hydroxylation sites is 1. The van der Waals surface area contributed by atoms with E-state index >= 15 is 0 Å². The van der Waals surface area contributed by atoms with Crippen molar-refractivity contribution < 1.29 is 9.47 Å². The van der Waals surface area contributed by atoms with Crippen LogP contribution in [-0.2, 0) is 11.3 Å². The van der Waals surface area contributed by atoms with Crippen molar-refractivity contribution in [1.82, 2.24) is 15.0 Å². The van der Waals surface area contributed by atoms with Crippen molar-refractivity contribution in [3.05, 3.63) is 72.6 Å². The lowest BCUT2D eigenvalue weighted by Gasteiger charge is -2.27. The van der Waals surface area contributed by atoms with E-state index in [1.54, 1.807) is 13.3 Å². The standard InChI is InChI=1S/C25H25N5O2/c1-31-23-8-3-2-7-20(23)18-9-10-21-22(16-18)28-25(30-12-14-32-15-13-30)29-24(21)27-17-19-6-4-5-11-26-19/h2-11,16H,12-15,17H2,1H3,(H,27,28,29). The van der Waals surface area contributed by atoms with Crippen LogP contribution in [0.1, 0.15) is 5.69 Å². The number of anilines is 2. The van der Waals surface area contributed by atoms with Crippen molar-refractivity contribution in [1.29, 1.82) is 0 Å². The Hall–Kier alpha value is -3.71. The van der Waals surface area contributed by atoms with Crippen molar-refractivity contribution in [2.24, 2.45) is 0 Å². The Labute approximate surface area is 187 Å². The van der Waals surface area contributed by atoms with Crippen LogP contribution in [0.2, 0.25) is 0 Å². The number of pyridine rings is 1. The SMILES string of the molecule is COc1ccccc1-c1ccc2c(NCc3ccccn3)nc(N3CCOCC3)nc2c1. The molecule has 7 heteroatoms. The van der Waals surface area contributed by atoms with Crippen LogP contribution in [0.4, 0.5) is 11.8 Å². The molecular weight excluding hydrogens is 402 g/mol. The van der Waals surface area contributed by atoms with Crippen LogP contribution in [0.15, 0.2) is 66.9 Å². The van der Waals surface area contributed by atoms with Gasteiger partial charge in [-0.1, -0.05) is 30.3 Å². The Morgan fingerprint density at radius 2 is 1.84 bits per heavy atom. The third-order valence-corrected chi connectivity index (χ3v) is 5.56. The number of benzene rings is 2. The molecule has 1 aliphatic heterocycles. The zero-order valence-corrected chi connectivity index (χ0v) is 18.0. The molecule has 32 heavy (non-hydrogen) atoms. The molecule has 0 aliphatic carbocycles. The van der Waals surface area contributed by atoms with Crippen LogP contribution in [-0.4, -0.2) is 48.4 Å². The summed E-state index contributed by atoms with van der Waals surface area (Å²) in [5.74, 6) is 2.35. The summed E-state index contributed by atoms with van der Waals surface area (Å²) in [5, 5.41) is 4.44. The van der Waals surface area contributed by atoms with E-state index in [1.165, 1.54) is 0 Å². The van der Waals surface area contributed by atoms with Gasteiger partial charge in [0.05, 0.1) is 38.1 Å². The van der Waals surface area contributed by atoms with Gasteiger partial charge in [0, 0.05) is 30.2 Å². The molecule has 1 N–H and O–H groups in total. The molecule has 5 rings (SSSR count). The minimum absolute atomic E-state index is 0.587. The molecular formula is C25H25N5O2. The predicted octanol–water partition coefficient (Wildman–Crippen LogP) is 4.15. The van der Waals surface area contributed by atoms with Crippen LogP contribution in [0.3, 0.4) is 0 Å². The number of morpholine rings is 1. The fourth-order valence-electron chi connectivity index (χ4n) is 3.88. The van der Waals surface area contributed by atoms with Crippen LogP contribution in [0, 0.1) is 0 Å². The summed E-state index contributed by atoms with van der Waals surface area (Å²) in [5.41, 5.74) is 3.93. The van der Waals surface area contributed by atoms with Crippen molar-refractivity contribution in [2.75, 3.05) is 43.6 Å². The molecule has 2 aromatic carbocycles. The lowest BCUT2D eigenvalue weighted by Crippen LogP contribution is -2.37. The number of aromatic nitrogens is 3. The summed E-state index contributed by atoms with van der Waals surface area (Å²) in [6, 6.07) is 20.2. The summed E-state index contributed by atoms with van der Waals surface area (Å²) in [7, 11) is 1.69. The first kappa shape index (κ1) is 20.2. The van der Waals surface area contributed by atoms with E-state index < -0.39 is 0 Å². The van der Waals surface area contributed by atoms with Gasteiger partial charge in [0.15, 0.2) is 0 Å². The van der Waals surface area contributed by atoms with Gasteiger partial charge in [0.2, 0.25) is 5.95 Å². The summed E-state index contributed by atoms with van der Waals surface area (Å²) >= 11 is 0. The van der Waals surface area contributed by atoms with Crippen molar-refractivity contribution >= 4 is 22.7 Å². The number of methoxy groups -OCH3 is 1. The zero-order valence-electron chi connectivity index (χ0n) is 18.0. The monoisotopic (exact) mass is 427 g/mol. The third-order valence-electron chi connectivity index (χ3n) is 5.56. The second-order valence-electron chi connectivity index (χ2n) is 7.58. The Bertz CT molecular complexity index is 1210. The molecule has 2 aromatic heterocycles. The molecule has 3 heterocycles. The van der Waals surface area contributed by atoms with E-state index in [-0.39, 0.29) is 0 Å². The molecule has 1 fully saturated rings. The molecule has 0 saturated carbocycles. The highest BCUT2D eigenvalue weighted by molar-refractivity contribution is 5.93. The average Bonchev–Trinajstić information content (AvgIpc) is 2.88. The number of rotatable bonds is 6. The number of hydrogen-bond acceptors (Lipinski definition) is 7. The Morgan fingerprint density at radius 3 is 2.66 bits per heavy atom. The summed E-state index contributed by atoms with van der Waals surface area (Å²) < 4.78 is 11.1. The molecule has 0 atom stereocenters. The normalized spacial score (nSPS) is 13.8. The lowest BCUT2D eigenvalue weighted by atomic mass is 10.0. The minimum atomic E-state index is 0.587. The molecule has 7 nitrogen and oxygen atoms in total. The fraction of sp³-hybridized carbons (Fsp3) is 0.240. The summed E-state index contributed by atoms with van der Waals surface area (Å²) in [6.45, 7) is 3.50. The Morgan fingerprint density at radius 1 is 1.00 bits per heavy atom. The third kappa shape index (κ3) is 4.20.